The van der Waals surface area contributed by atoms with Gasteiger partial charge in [0.15, 0.2) is 5.60 Å². The summed E-state index contributed by atoms with van der Waals surface area (Å²) in [5.41, 5.74) is -1.01. The van der Waals surface area contributed by atoms with Gasteiger partial charge >= 0.3 is 5.97 Å². The van der Waals surface area contributed by atoms with E-state index >= 15 is 0 Å². The Morgan fingerprint density at radius 2 is 2.31 bits per heavy atom. The lowest BCUT2D eigenvalue weighted by atomic mass is 9.97. The predicted molar refractivity (Wildman–Crippen MR) is 45.4 cm³/mol. The van der Waals surface area contributed by atoms with Gasteiger partial charge in [-0.25, -0.2) is 4.79 Å². The van der Waals surface area contributed by atoms with Crippen molar-refractivity contribution in [1.29, 1.82) is 0 Å². The molecule has 0 aliphatic rings. The summed E-state index contributed by atoms with van der Waals surface area (Å²) in [6.45, 7) is 3.00. The summed E-state index contributed by atoms with van der Waals surface area (Å²) >= 11 is 0. The highest BCUT2D eigenvalue weighted by molar-refractivity contribution is 5.76. The Kier molecular flexibility index (Phi) is 2.43. The second-order valence-electron chi connectivity index (χ2n) is 3.26. The summed E-state index contributed by atoms with van der Waals surface area (Å²) in [6.07, 6.45) is 1.53. The number of furan rings is 1. The highest BCUT2D eigenvalue weighted by Crippen LogP contribution is 2.17. The van der Waals surface area contributed by atoms with Gasteiger partial charge in [0.1, 0.15) is 5.76 Å². The van der Waals surface area contributed by atoms with Crippen molar-refractivity contribution in [2.45, 2.75) is 25.9 Å². The van der Waals surface area contributed by atoms with Crippen LogP contribution in [0.2, 0.25) is 0 Å². The SMILES string of the molecule is Cc1occc1CC(C)(O)C(=O)O. The minimum absolute atomic E-state index is 0.0602. The summed E-state index contributed by atoms with van der Waals surface area (Å²) in [5, 5.41) is 18.1. The number of aliphatic carboxylic acids is 1. The molecule has 0 aliphatic carbocycles. The van der Waals surface area contributed by atoms with Crippen LogP contribution in [0, 0.1) is 6.92 Å². The van der Waals surface area contributed by atoms with Gasteiger partial charge in [0.25, 0.3) is 0 Å². The van der Waals surface area contributed by atoms with Crippen molar-refractivity contribution >= 4 is 5.97 Å². The molecule has 0 aliphatic heterocycles. The molecule has 0 bridgehead atoms. The molecule has 4 nitrogen and oxygen atoms in total. The molecule has 0 aromatic carbocycles. The van der Waals surface area contributed by atoms with Gasteiger partial charge in [0.2, 0.25) is 0 Å². The van der Waals surface area contributed by atoms with Gasteiger partial charge < -0.3 is 14.6 Å². The number of hydrogen-bond donors (Lipinski definition) is 2. The van der Waals surface area contributed by atoms with E-state index in [4.69, 9.17) is 9.52 Å². The number of rotatable bonds is 3. The molecule has 4 heteroatoms. The summed E-state index contributed by atoms with van der Waals surface area (Å²) in [5.74, 6) is -0.588. The molecule has 2 N–H and O–H groups in total. The van der Waals surface area contributed by atoms with E-state index in [1.165, 1.54) is 13.2 Å². The smallest absolute Gasteiger partial charge is 0.335 e. The summed E-state index contributed by atoms with van der Waals surface area (Å²) in [6, 6.07) is 1.66. The highest BCUT2D eigenvalue weighted by atomic mass is 16.4. The lowest BCUT2D eigenvalue weighted by molar-refractivity contribution is -0.156. The molecule has 1 heterocycles. The van der Waals surface area contributed by atoms with E-state index in [1.807, 2.05) is 0 Å². The fraction of sp³-hybridized carbons (Fsp3) is 0.444. The lowest BCUT2D eigenvalue weighted by Gasteiger charge is -2.16. The quantitative estimate of drug-likeness (QED) is 0.734. The van der Waals surface area contributed by atoms with Crippen molar-refractivity contribution in [3.8, 4) is 0 Å². The second kappa shape index (κ2) is 3.22. The number of carbonyl (C=O) groups is 1. The molecule has 0 radical (unpaired) electrons. The van der Waals surface area contributed by atoms with Crippen molar-refractivity contribution in [3.05, 3.63) is 23.7 Å². The largest absolute Gasteiger partial charge is 0.479 e. The van der Waals surface area contributed by atoms with Crippen LogP contribution < -0.4 is 0 Å². The zero-order valence-electron chi connectivity index (χ0n) is 7.57. The van der Waals surface area contributed by atoms with Crippen LogP contribution in [-0.4, -0.2) is 21.8 Å². The minimum Gasteiger partial charge on any atom is -0.479 e. The first kappa shape index (κ1) is 9.80. The van der Waals surface area contributed by atoms with Crippen LogP contribution >= 0.6 is 0 Å². The van der Waals surface area contributed by atoms with Crippen LogP contribution in [0.25, 0.3) is 0 Å². The van der Waals surface area contributed by atoms with E-state index in [1.54, 1.807) is 13.0 Å². The number of carboxylic acid groups (broad SMARTS) is 1. The van der Waals surface area contributed by atoms with E-state index in [0.29, 0.717) is 11.3 Å². The Labute approximate surface area is 75.8 Å². The van der Waals surface area contributed by atoms with Crippen molar-refractivity contribution in [2.75, 3.05) is 0 Å². The first-order chi connectivity index (χ1) is 5.93. The molecule has 0 saturated carbocycles. The molecule has 1 unspecified atom stereocenters. The third kappa shape index (κ3) is 2.09. The molecule has 0 amide bonds. The molecule has 0 saturated heterocycles. The van der Waals surface area contributed by atoms with Crippen molar-refractivity contribution in [1.82, 2.24) is 0 Å². The third-order valence-corrected chi connectivity index (χ3v) is 1.96. The Bertz CT molecular complexity index is 311. The fourth-order valence-electron chi connectivity index (χ4n) is 1.04. The van der Waals surface area contributed by atoms with Crippen LogP contribution in [0.1, 0.15) is 18.2 Å². The Balaban J connectivity index is 2.80. The molecule has 1 aromatic heterocycles. The molecule has 1 atom stereocenters. The normalized spacial score (nSPS) is 15.3. The molecule has 1 rings (SSSR count). The number of carboxylic acids is 1. The van der Waals surface area contributed by atoms with Crippen LogP contribution in [0.3, 0.4) is 0 Å². The van der Waals surface area contributed by atoms with Gasteiger partial charge in [-0.2, -0.15) is 0 Å². The highest BCUT2D eigenvalue weighted by Gasteiger charge is 2.30. The first-order valence-electron chi connectivity index (χ1n) is 3.92. The molecular weight excluding hydrogens is 172 g/mol. The standard InChI is InChI=1S/C9H12O4/c1-6-7(3-4-13-6)5-9(2,12)8(10)11/h3-4,12H,5H2,1-2H3,(H,10,11). The van der Waals surface area contributed by atoms with E-state index in [9.17, 15) is 9.90 Å². The molecule has 0 fully saturated rings. The number of aryl methyl sites for hydroxylation is 1. The average Bonchev–Trinajstić information content (AvgIpc) is 2.35. The van der Waals surface area contributed by atoms with Gasteiger partial charge in [-0.1, -0.05) is 0 Å². The van der Waals surface area contributed by atoms with Gasteiger partial charge in [-0.15, -0.1) is 0 Å². The summed E-state index contributed by atoms with van der Waals surface area (Å²) in [4.78, 5) is 10.6. The number of hydrogen-bond acceptors (Lipinski definition) is 3. The maximum absolute atomic E-state index is 10.6. The van der Waals surface area contributed by atoms with Gasteiger partial charge in [-0.3, -0.25) is 0 Å². The number of aliphatic hydroxyl groups is 1. The van der Waals surface area contributed by atoms with Crippen molar-refractivity contribution in [3.63, 3.8) is 0 Å². The minimum atomic E-state index is -1.73. The summed E-state index contributed by atoms with van der Waals surface area (Å²) < 4.78 is 4.99. The first-order valence-corrected chi connectivity index (χ1v) is 3.92. The van der Waals surface area contributed by atoms with Crippen molar-refractivity contribution in [2.24, 2.45) is 0 Å². The Hall–Kier alpha value is -1.29. The topological polar surface area (TPSA) is 70.7 Å². The zero-order valence-corrected chi connectivity index (χ0v) is 7.57. The van der Waals surface area contributed by atoms with Gasteiger partial charge in [0, 0.05) is 6.42 Å². The predicted octanol–water partition coefficient (Wildman–Crippen LogP) is 0.966. The van der Waals surface area contributed by atoms with Gasteiger partial charge in [0.05, 0.1) is 6.26 Å². The summed E-state index contributed by atoms with van der Waals surface area (Å²) in [7, 11) is 0. The van der Waals surface area contributed by atoms with Crippen LogP contribution in [-0.2, 0) is 11.2 Å². The van der Waals surface area contributed by atoms with E-state index in [-0.39, 0.29) is 6.42 Å². The third-order valence-electron chi connectivity index (χ3n) is 1.96. The van der Waals surface area contributed by atoms with Gasteiger partial charge in [-0.05, 0) is 25.5 Å². The lowest BCUT2D eigenvalue weighted by Crippen LogP contribution is -2.37. The molecule has 0 spiro atoms. The second-order valence-corrected chi connectivity index (χ2v) is 3.26. The fourth-order valence-corrected chi connectivity index (χ4v) is 1.04. The maximum atomic E-state index is 10.6. The Morgan fingerprint density at radius 3 is 2.69 bits per heavy atom. The van der Waals surface area contributed by atoms with E-state index in [0.717, 1.165) is 0 Å². The average molecular weight is 184 g/mol. The molecular formula is C9H12O4. The van der Waals surface area contributed by atoms with Crippen LogP contribution in [0.4, 0.5) is 0 Å². The molecule has 13 heavy (non-hydrogen) atoms. The van der Waals surface area contributed by atoms with Crippen LogP contribution in [0.15, 0.2) is 16.7 Å². The van der Waals surface area contributed by atoms with E-state index in [2.05, 4.69) is 0 Å². The Morgan fingerprint density at radius 1 is 1.69 bits per heavy atom. The maximum Gasteiger partial charge on any atom is 0.335 e. The van der Waals surface area contributed by atoms with E-state index < -0.39 is 11.6 Å². The monoisotopic (exact) mass is 184 g/mol. The molecule has 72 valence electrons. The van der Waals surface area contributed by atoms with Crippen molar-refractivity contribution < 1.29 is 19.4 Å². The molecule has 1 aromatic rings. The zero-order chi connectivity index (χ0) is 10.1. The van der Waals surface area contributed by atoms with Crippen LogP contribution in [0.5, 0.6) is 0 Å².